The van der Waals surface area contributed by atoms with Crippen molar-refractivity contribution in [2.45, 2.75) is 6.54 Å². The molecule has 0 aliphatic carbocycles. The van der Waals surface area contributed by atoms with Gasteiger partial charge in [0, 0.05) is 17.7 Å². The van der Waals surface area contributed by atoms with Gasteiger partial charge in [0.05, 0.1) is 13.8 Å². The SMILES string of the molecule is COc1cc2c(cc1F)C(=O)N(CNC(=O)NC(=O)c1ccc(F)cc1)C2. The number of nitrogens with one attached hydrogen (secondary N) is 2. The van der Waals surface area contributed by atoms with Crippen molar-refractivity contribution in [2.24, 2.45) is 0 Å². The van der Waals surface area contributed by atoms with Gasteiger partial charge in [-0.25, -0.2) is 13.6 Å². The Morgan fingerprint density at radius 3 is 2.56 bits per heavy atom. The maximum absolute atomic E-state index is 13.8. The van der Waals surface area contributed by atoms with Crippen molar-refractivity contribution in [1.29, 1.82) is 0 Å². The van der Waals surface area contributed by atoms with E-state index in [1.807, 2.05) is 0 Å². The van der Waals surface area contributed by atoms with Crippen LogP contribution < -0.4 is 15.4 Å². The molecule has 0 saturated carbocycles. The van der Waals surface area contributed by atoms with Gasteiger partial charge in [0.15, 0.2) is 11.6 Å². The van der Waals surface area contributed by atoms with E-state index < -0.39 is 29.5 Å². The van der Waals surface area contributed by atoms with E-state index in [-0.39, 0.29) is 30.1 Å². The predicted molar refractivity (Wildman–Crippen MR) is 90.1 cm³/mol. The van der Waals surface area contributed by atoms with Crippen LogP contribution in [0.4, 0.5) is 13.6 Å². The molecule has 0 bridgehead atoms. The predicted octanol–water partition coefficient (Wildman–Crippen LogP) is 2.03. The highest BCUT2D eigenvalue weighted by Crippen LogP contribution is 2.28. The van der Waals surface area contributed by atoms with Crippen molar-refractivity contribution < 1.29 is 27.9 Å². The van der Waals surface area contributed by atoms with Gasteiger partial charge in [-0.3, -0.25) is 14.9 Å². The number of halogens is 2. The minimum absolute atomic E-state index is 0.0268. The van der Waals surface area contributed by atoms with E-state index >= 15 is 0 Å². The van der Waals surface area contributed by atoms with E-state index in [0.29, 0.717) is 5.56 Å². The highest BCUT2D eigenvalue weighted by molar-refractivity contribution is 6.04. The van der Waals surface area contributed by atoms with Gasteiger partial charge >= 0.3 is 6.03 Å². The van der Waals surface area contributed by atoms with Crippen LogP contribution in [-0.2, 0) is 6.54 Å². The first-order valence-corrected chi connectivity index (χ1v) is 7.89. The maximum Gasteiger partial charge on any atom is 0.323 e. The summed E-state index contributed by atoms with van der Waals surface area (Å²) in [6.07, 6.45) is 0. The van der Waals surface area contributed by atoms with E-state index in [2.05, 4.69) is 10.6 Å². The maximum atomic E-state index is 13.8. The van der Waals surface area contributed by atoms with Crippen LogP contribution >= 0.6 is 0 Å². The number of amides is 4. The van der Waals surface area contributed by atoms with Crippen LogP contribution in [0.15, 0.2) is 36.4 Å². The van der Waals surface area contributed by atoms with Gasteiger partial charge in [0.25, 0.3) is 11.8 Å². The molecule has 1 heterocycles. The third kappa shape index (κ3) is 3.86. The second kappa shape index (κ2) is 7.40. The fourth-order valence-corrected chi connectivity index (χ4v) is 2.65. The summed E-state index contributed by atoms with van der Waals surface area (Å²) in [6.45, 7) is -0.0169. The molecule has 0 aromatic heterocycles. The van der Waals surface area contributed by atoms with Crippen molar-refractivity contribution in [2.75, 3.05) is 13.8 Å². The van der Waals surface area contributed by atoms with Gasteiger partial charge in [-0.1, -0.05) is 0 Å². The lowest BCUT2D eigenvalue weighted by molar-refractivity contribution is 0.0770. The number of nitrogens with zero attached hydrogens (tertiary/aromatic N) is 1. The Labute approximate surface area is 152 Å². The number of hydrogen-bond acceptors (Lipinski definition) is 4. The summed E-state index contributed by atoms with van der Waals surface area (Å²) >= 11 is 0. The van der Waals surface area contributed by atoms with Crippen molar-refractivity contribution in [3.63, 3.8) is 0 Å². The Morgan fingerprint density at radius 1 is 1.19 bits per heavy atom. The topological polar surface area (TPSA) is 87.7 Å². The monoisotopic (exact) mass is 375 g/mol. The van der Waals surface area contributed by atoms with E-state index in [9.17, 15) is 23.2 Å². The Hall–Kier alpha value is -3.49. The number of ether oxygens (including phenoxy) is 1. The summed E-state index contributed by atoms with van der Waals surface area (Å²) in [4.78, 5) is 37.3. The molecule has 9 heteroatoms. The third-order valence-electron chi connectivity index (χ3n) is 4.02. The number of urea groups is 1. The van der Waals surface area contributed by atoms with Crippen LogP contribution in [0.25, 0.3) is 0 Å². The van der Waals surface area contributed by atoms with Crippen molar-refractivity contribution in [1.82, 2.24) is 15.5 Å². The first kappa shape index (κ1) is 18.3. The number of hydrogen-bond donors (Lipinski definition) is 2. The number of methoxy groups -OCH3 is 1. The normalized spacial score (nSPS) is 12.6. The summed E-state index contributed by atoms with van der Waals surface area (Å²) in [5.41, 5.74) is 0.875. The van der Waals surface area contributed by atoms with Crippen LogP contribution in [0.2, 0.25) is 0 Å². The van der Waals surface area contributed by atoms with Crippen molar-refractivity contribution in [3.8, 4) is 5.75 Å². The Morgan fingerprint density at radius 2 is 1.89 bits per heavy atom. The summed E-state index contributed by atoms with van der Waals surface area (Å²) in [7, 11) is 1.32. The second-order valence-corrected chi connectivity index (χ2v) is 5.77. The van der Waals surface area contributed by atoms with Crippen LogP contribution in [-0.4, -0.2) is 36.5 Å². The van der Waals surface area contributed by atoms with Gasteiger partial charge in [0.1, 0.15) is 5.82 Å². The number of fused-ring (bicyclic) bond motifs is 1. The molecule has 27 heavy (non-hydrogen) atoms. The van der Waals surface area contributed by atoms with Gasteiger partial charge in [-0.2, -0.15) is 0 Å². The van der Waals surface area contributed by atoms with Crippen LogP contribution in [0.3, 0.4) is 0 Å². The summed E-state index contributed by atoms with van der Waals surface area (Å²) in [6, 6.07) is 6.37. The Bertz CT molecular complexity index is 916. The molecule has 140 valence electrons. The van der Waals surface area contributed by atoms with Gasteiger partial charge < -0.3 is 15.0 Å². The van der Waals surface area contributed by atoms with Gasteiger partial charge in [-0.15, -0.1) is 0 Å². The molecule has 0 atom stereocenters. The molecule has 0 spiro atoms. The van der Waals surface area contributed by atoms with Crippen molar-refractivity contribution >= 4 is 17.8 Å². The lowest BCUT2D eigenvalue weighted by Gasteiger charge is -2.16. The smallest absolute Gasteiger partial charge is 0.323 e. The number of imide groups is 1. The lowest BCUT2D eigenvalue weighted by atomic mass is 10.1. The standard InChI is InChI=1S/C18H15F2N3O4/c1-27-15-6-11-8-23(17(25)13(11)7-14(15)20)9-21-18(26)22-16(24)10-2-4-12(19)5-3-10/h2-7H,8-9H2,1H3,(H2,21,22,24,26). The zero-order valence-electron chi connectivity index (χ0n) is 14.2. The molecule has 7 nitrogen and oxygen atoms in total. The van der Waals surface area contributed by atoms with E-state index in [1.165, 1.54) is 30.2 Å². The average Bonchev–Trinajstić information content (AvgIpc) is 2.95. The Kier molecular flexibility index (Phi) is 5.02. The molecule has 3 rings (SSSR count). The van der Waals surface area contributed by atoms with Crippen molar-refractivity contribution in [3.05, 3.63) is 64.7 Å². The quantitative estimate of drug-likeness (QED) is 0.856. The second-order valence-electron chi connectivity index (χ2n) is 5.77. The van der Waals surface area contributed by atoms with Crippen LogP contribution in [0.1, 0.15) is 26.3 Å². The highest BCUT2D eigenvalue weighted by atomic mass is 19.1. The number of rotatable bonds is 4. The fourth-order valence-electron chi connectivity index (χ4n) is 2.65. The van der Waals surface area contributed by atoms with E-state index in [1.54, 1.807) is 0 Å². The number of carbonyl (C=O) groups is 3. The third-order valence-corrected chi connectivity index (χ3v) is 4.02. The summed E-state index contributed by atoms with van der Waals surface area (Å²) in [5.74, 6) is -2.29. The van der Waals surface area contributed by atoms with E-state index in [0.717, 1.165) is 18.2 Å². The minimum atomic E-state index is -0.822. The molecule has 1 aliphatic rings. The van der Waals surface area contributed by atoms with Crippen LogP contribution in [0, 0.1) is 11.6 Å². The van der Waals surface area contributed by atoms with Gasteiger partial charge in [0.2, 0.25) is 0 Å². The molecular formula is C18H15F2N3O4. The Balaban J connectivity index is 1.57. The number of carbonyl (C=O) groups excluding carboxylic acids is 3. The fraction of sp³-hybridized carbons (Fsp3) is 0.167. The number of benzene rings is 2. The molecule has 1 aliphatic heterocycles. The molecule has 0 unspecified atom stereocenters. The molecular weight excluding hydrogens is 360 g/mol. The van der Waals surface area contributed by atoms with Gasteiger partial charge in [-0.05, 0) is 42.0 Å². The zero-order valence-corrected chi connectivity index (χ0v) is 14.2. The first-order chi connectivity index (χ1) is 12.9. The molecule has 0 radical (unpaired) electrons. The lowest BCUT2D eigenvalue weighted by Crippen LogP contribution is -2.44. The zero-order chi connectivity index (χ0) is 19.6. The largest absolute Gasteiger partial charge is 0.494 e. The summed E-state index contributed by atoms with van der Waals surface area (Å²) in [5, 5.41) is 4.45. The molecule has 4 amide bonds. The molecule has 0 fully saturated rings. The first-order valence-electron chi connectivity index (χ1n) is 7.89. The molecule has 2 aromatic rings. The summed E-state index contributed by atoms with van der Waals surface area (Å²) < 4.78 is 31.5. The minimum Gasteiger partial charge on any atom is -0.494 e. The average molecular weight is 375 g/mol. The highest BCUT2D eigenvalue weighted by Gasteiger charge is 2.29. The molecule has 2 N–H and O–H groups in total. The molecule has 0 saturated heterocycles. The molecule has 2 aromatic carbocycles. The van der Waals surface area contributed by atoms with Crippen LogP contribution in [0.5, 0.6) is 5.75 Å². The van der Waals surface area contributed by atoms with E-state index in [4.69, 9.17) is 4.74 Å².